The summed E-state index contributed by atoms with van der Waals surface area (Å²) in [4.78, 5) is 11.1. The van der Waals surface area contributed by atoms with Crippen molar-refractivity contribution < 1.29 is 23.4 Å². The van der Waals surface area contributed by atoms with Crippen LogP contribution < -0.4 is 10.1 Å². The topological polar surface area (TPSA) is 58.6 Å². The third-order valence-electron chi connectivity index (χ3n) is 8.34. The lowest BCUT2D eigenvalue weighted by Gasteiger charge is -2.51. The highest BCUT2D eigenvalue weighted by atomic mass is 19.2. The molecule has 1 aromatic carbocycles. The van der Waals surface area contributed by atoms with Crippen LogP contribution in [-0.2, 0) is 4.79 Å². The van der Waals surface area contributed by atoms with Gasteiger partial charge in [-0.05, 0) is 72.3 Å². The molecule has 138 valence electrons. The van der Waals surface area contributed by atoms with Gasteiger partial charge in [-0.15, -0.1) is 0 Å². The van der Waals surface area contributed by atoms with Crippen molar-refractivity contribution in [1.82, 2.24) is 0 Å². The maximum atomic E-state index is 14.3. The SMILES string of the molecule is CC(=O)Nc1ccc(OCC2(O)C3C4CC5C6C4CC3C6C52)c(F)c1F. The Labute approximate surface area is 149 Å². The van der Waals surface area contributed by atoms with E-state index in [1.54, 1.807) is 0 Å². The van der Waals surface area contributed by atoms with Gasteiger partial charge < -0.3 is 15.2 Å². The van der Waals surface area contributed by atoms with Crippen LogP contribution in [0.2, 0.25) is 0 Å². The predicted octanol–water partition coefficient (Wildman–Crippen LogP) is 2.81. The molecule has 6 heteroatoms. The van der Waals surface area contributed by atoms with Gasteiger partial charge in [0.25, 0.3) is 0 Å². The van der Waals surface area contributed by atoms with E-state index in [0.29, 0.717) is 23.7 Å². The van der Waals surface area contributed by atoms with E-state index in [2.05, 4.69) is 5.32 Å². The molecule has 0 radical (unpaired) electrons. The third kappa shape index (κ3) is 1.53. The van der Waals surface area contributed by atoms with Crippen LogP contribution in [0.25, 0.3) is 0 Å². The summed E-state index contributed by atoms with van der Waals surface area (Å²) < 4.78 is 34.1. The van der Waals surface area contributed by atoms with Crippen molar-refractivity contribution in [3.05, 3.63) is 23.8 Å². The number of aliphatic hydroxyl groups is 1. The lowest BCUT2D eigenvalue weighted by atomic mass is 9.56. The number of halogens is 2. The lowest BCUT2D eigenvalue weighted by Crippen LogP contribution is -2.57. The zero-order chi connectivity index (χ0) is 18.0. The summed E-state index contributed by atoms with van der Waals surface area (Å²) in [5.74, 6) is 1.65. The normalized spacial score (nSPS) is 48.2. The van der Waals surface area contributed by atoms with Crippen LogP contribution in [0.1, 0.15) is 19.8 Å². The smallest absolute Gasteiger partial charge is 0.221 e. The highest BCUT2D eigenvalue weighted by molar-refractivity contribution is 5.88. The van der Waals surface area contributed by atoms with E-state index in [4.69, 9.17) is 4.74 Å². The number of nitrogens with one attached hydrogen (secondary N) is 1. The second-order valence-corrected chi connectivity index (χ2v) is 9.03. The van der Waals surface area contributed by atoms with Crippen LogP contribution in [0.3, 0.4) is 0 Å². The number of benzene rings is 1. The average molecular weight is 361 g/mol. The van der Waals surface area contributed by atoms with Crippen molar-refractivity contribution in [2.24, 2.45) is 47.3 Å². The summed E-state index contributed by atoms with van der Waals surface area (Å²) >= 11 is 0. The molecule has 1 amide bonds. The van der Waals surface area contributed by atoms with E-state index < -0.39 is 23.1 Å². The van der Waals surface area contributed by atoms with Gasteiger partial charge >= 0.3 is 0 Å². The number of anilines is 1. The summed E-state index contributed by atoms with van der Waals surface area (Å²) in [5, 5.41) is 13.7. The van der Waals surface area contributed by atoms with Gasteiger partial charge in [0.1, 0.15) is 12.2 Å². The van der Waals surface area contributed by atoms with E-state index in [9.17, 15) is 18.7 Å². The Hall–Kier alpha value is -1.69. The summed E-state index contributed by atoms with van der Waals surface area (Å²) in [6.45, 7) is 1.26. The Morgan fingerprint density at radius 3 is 2.65 bits per heavy atom. The first-order chi connectivity index (χ1) is 12.4. The van der Waals surface area contributed by atoms with E-state index in [1.165, 1.54) is 31.9 Å². The van der Waals surface area contributed by atoms with Crippen LogP contribution in [0.4, 0.5) is 14.5 Å². The number of fused-ring (bicyclic) bond motifs is 2. The van der Waals surface area contributed by atoms with Crippen LogP contribution in [0, 0.1) is 59.0 Å². The standard InChI is InChI=1S/C20H21F2NO3/c1-7(24)23-12-2-3-13(19(22)18(12)21)26-6-20(25)16-9-5-10-14-8(9)4-11(16)15(14)17(10)20/h2-3,8-11,14-17,25H,4-6H2,1H3,(H,23,24). The van der Waals surface area contributed by atoms with Gasteiger partial charge in [0.05, 0.1) is 5.69 Å². The Morgan fingerprint density at radius 1 is 1.15 bits per heavy atom. The van der Waals surface area contributed by atoms with Crippen molar-refractivity contribution in [2.45, 2.75) is 25.4 Å². The molecule has 26 heavy (non-hydrogen) atoms. The second-order valence-electron chi connectivity index (χ2n) is 9.03. The van der Waals surface area contributed by atoms with Crippen LogP contribution in [0.15, 0.2) is 12.1 Å². The van der Waals surface area contributed by atoms with Crippen LogP contribution in [-0.4, -0.2) is 23.2 Å². The zero-order valence-corrected chi connectivity index (χ0v) is 14.4. The van der Waals surface area contributed by atoms with Crippen molar-refractivity contribution in [1.29, 1.82) is 0 Å². The summed E-state index contributed by atoms with van der Waals surface area (Å²) in [6.07, 6.45) is 2.49. The molecular weight excluding hydrogens is 340 g/mol. The Morgan fingerprint density at radius 2 is 1.88 bits per heavy atom. The van der Waals surface area contributed by atoms with Gasteiger partial charge in [0.2, 0.25) is 11.7 Å². The van der Waals surface area contributed by atoms with Crippen molar-refractivity contribution in [2.75, 3.05) is 11.9 Å². The molecule has 4 nitrogen and oxygen atoms in total. The molecule has 6 rings (SSSR count). The quantitative estimate of drug-likeness (QED) is 0.867. The molecule has 2 bridgehead atoms. The molecule has 9 atom stereocenters. The fourth-order valence-corrected chi connectivity index (χ4v) is 8.04. The molecule has 0 saturated heterocycles. The minimum Gasteiger partial charge on any atom is -0.487 e. The van der Waals surface area contributed by atoms with Crippen molar-refractivity contribution >= 4 is 11.6 Å². The van der Waals surface area contributed by atoms with Crippen LogP contribution in [0.5, 0.6) is 5.75 Å². The van der Waals surface area contributed by atoms with E-state index in [0.717, 1.165) is 11.8 Å². The molecule has 0 aliphatic heterocycles. The first-order valence-electron chi connectivity index (χ1n) is 9.52. The maximum Gasteiger partial charge on any atom is 0.221 e. The highest BCUT2D eigenvalue weighted by Crippen LogP contribution is 2.85. The van der Waals surface area contributed by atoms with E-state index in [1.807, 2.05) is 0 Å². The molecule has 0 aromatic heterocycles. The van der Waals surface area contributed by atoms with Gasteiger partial charge in [-0.25, -0.2) is 4.39 Å². The fourth-order valence-electron chi connectivity index (χ4n) is 8.04. The zero-order valence-electron chi connectivity index (χ0n) is 14.4. The van der Waals surface area contributed by atoms with E-state index in [-0.39, 0.29) is 29.9 Å². The van der Waals surface area contributed by atoms with Gasteiger partial charge in [0, 0.05) is 6.92 Å². The molecule has 9 unspecified atom stereocenters. The summed E-state index contributed by atoms with van der Waals surface area (Å²) in [5.41, 5.74) is -1.11. The number of carbonyl (C=O) groups excluding carboxylic acids is 1. The maximum absolute atomic E-state index is 14.3. The number of rotatable bonds is 4. The van der Waals surface area contributed by atoms with Gasteiger partial charge in [0.15, 0.2) is 11.6 Å². The van der Waals surface area contributed by atoms with Crippen molar-refractivity contribution in [3.63, 3.8) is 0 Å². The van der Waals surface area contributed by atoms with Gasteiger partial charge in [-0.1, -0.05) is 0 Å². The minimum atomic E-state index is -1.14. The largest absolute Gasteiger partial charge is 0.487 e. The number of ether oxygens (including phenoxy) is 1. The Bertz CT molecular complexity index is 839. The fraction of sp³-hybridized carbons (Fsp3) is 0.650. The highest BCUT2D eigenvalue weighted by Gasteiger charge is 2.84. The molecule has 0 heterocycles. The first-order valence-corrected chi connectivity index (χ1v) is 9.52. The Kier molecular flexibility index (Phi) is 2.71. The lowest BCUT2D eigenvalue weighted by molar-refractivity contribution is -0.148. The first kappa shape index (κ1) is 15.4. The molecule has 5 fully saturated rings. The Balaban J connectivity index is 1.25. The minimum absolute atomic E-state index is 0.0254. The molecule has 2 N–H and O–H groups in total. The number of hydrogen-bond donors (Lipinski definition) is 2. The van der Waals surface area contributed by atoms with Crippen LogP contribution >= 0.6 is 0 Å². The molecule has 0 spiro atoms. The number of hydrogen-bond acceptors (Lipinski definition) is 3. The number of amides is 1. The average Bonchev–Trinajstić information content (AvgIpc) is 3.09. The summed E-state index contributed by atoms with van der Waals surface area (Å²) in [6, 6.07) is 2.61. The monoisotopic (exact) mass is 361 g/mol. The van der Waals surface area contributed by atoms with E-state index >= 15 is 0 Å². The predicted molar refractivity (Wildman–Crippen MR) is 88.3 cm³/mol. The molecule has 5 aliphatic carbocycles. The second kappa shape index (κ2) is 4.58. The molecule has 5 saturated carbocycles. The summed E-state index contributed by atoms with van der Waals surface area (Å²) in [7, 11) is 0. The molecule has 5 aliphatic rings. The third-order valence-corrected chi connectivity index (χ3v) is 8.34. The number of carbonyl (C=O) groups is 1. The van der Waals surface area contributed by atoms with Crippen molar-refractivity contribution in [3.8, 4) is 5.75 Å². The van der Waals surface area contributed by atoms with Gasteiger partial charge in [-0.3, -0.25) is 4.79 Å². The molecular formula is C20H21F2NO3. The molecule has 1 aromatic rings. The van der Waals surface area contributed by atoms with Gasteiger partial charge in [-0.2, -0.15) is 4.39 Å².